The van der Waals surface area contributed by atoms with E-state index in [1.807, 2.05) is 32.9 Å². The number of hydrogen-bond acceptors (Lipinski definition) is 4. The monoisotopic (exact) mass is 390 g/mol. The number of carbonyl (C=O) groups is 2. The second kappa shape index (κ2) is 13.4. The highest BCUT2D eigenvalue weighted by molar-refractivity contribution is 5.76. The van der Waals surface area contributed by atoms with Crippen LogP contribution in [0.25, 0.3) is 0 Å². The average Bonchev–Trinajstić information content (AvgIpc) is 2.67. The number of hydrogen-bond donors (Lipinski definition) is 0. The molecule has 0 radical (unpaired) electrons. The molecule has 1 aromatic carbocycles. The Bertz CT molecular complexity index is 560. The van der Waals surface area contributed by atoms with Crippen molar-refractivity contribution in [2.45, 2.75) is 92.4 Å². The Morgan fingerprint density at radius 2 is 1.18 bits per heavy atom. The van der Waals surface area contributed by atoms with Crippen molar-refractivity contribution < 1.29 is 19.1 Å². The molecule has 0 saturated carbocycles. The molecule has 0 aliphatic rings. The van der Waals surface area contributed by atoms with Crippen molar-refractivity contribution in [2.24, 2.45) is 11.8 Å². The van der Waals surface area contributed by atoms with Gasteiger partial charge in [-0.1, -0.05) is 73.1 Å². The summed E-state index contributed by atoms with van der Waals surface area (Å²) in [5, 5.41) is 0. The molecule has 158 valence electrons. The molecule has 4 nitrogen and oxygen atoms in total. The lowest BCUT2D eigenvalue weighted by Crippen LogP contribution is -2.19. The maximum absolute atomic E-state index is 12.4. The molecule has 0 fully saturated rings. The van der Waals surface area contributed by atoms with Crippen LogP contribution in [-0.2, 0) is 16.0 Å². The first-order valence-electron chi connectivity index (χ1n) is 11.0. The molecular formula is C24H38O4. The van der Waals surface area contributed by atoms with Crippen molar-refractivity contribution in [1.29, 1.82) is 0 Å². The van der Waals surface area contributed by atoms with Crippen LogP contribution >= 0.6 is 0 Å². The van der Waals surface area contributed by atoms with Gasteiger partial charge < -0.3 is 9.47 Å². The standard InChI is InChI=1S/C24H38O4/c1-6-9-11-13-18(4)23(25)27-21-15-20(8-3)16-22(17-21)28-24(26)19(5)14-12-10-7-2/h15-19H,6-14H2,1-5H3. The molecule has 1 aromatic rings. The Labute approximate surface area is 171 Å². The zero-order valence-corrected chi connectivity index (χ0v) is 18.4. The van der Waals surface area contributed by atoms with E-state index in [1.165, 1.54) is 0 Å². The van der Waals surface area contributed by atoms with Crippen LogP contribution in [0.3, 0.4) is 0 Å². The number of rotatable bonds is 13. The summed E-state index contributed by atoms with van der Waals surface area (Å²) in [5.74, 6) is 0.174. The van der Waals surface area contributed by atoms with Gasteiger partial charge in [-0.2, -0.15) is 0 Å². The smallest absolute Gasteiger partial charge is 0.314 e. The molecule has 0 bridgehead atoms. The fourth-order valence-corrected chi connectivity index (χ4v) is 3.02. The van der Waals surface area contributed by atoms with Crippen LogP contribution < -0.4 is 9.47 Å². The van der Waals surface area contributed by atoms with E-state index in [2.05, 4.69) is 13.8 Å². The maximum atomic E-state index is 12.4. The lowest BCUT2D eigenvalue weighted by Gasteiger charge is -2.14. The third-order valence-electron chi connectivity index (χ3n) is 5.07. The molecule has 2 atom stereocenters. The van der Waals surface area contributed by atoms with Gasteiger partial charge in [0.2, 0.25) is 0 Å². The van der Waals surface area contributed by atoms with E-state index in [9.17, 15) is 9.59 Å². The molecule has 0 spiro atoms. The summed E-state index contributed by atoms with van der Waals surface area (Å²) in [7, 11) is 0. The highest BCUT2D eigenvalue weighted by atomic mass is 16.5. The second-order valence-electron chi connectivity index (χ2n) is 7.80. The SMILES string of the molecule is CCCCCC(C)C(=O)Oc1cc(CC)cc(OC(=O)C(C)CCCCC)c1. The third kappa shape index (κ3) is 8.90. The van der Waals surface area contributed by atoms with E-state index in [1.54, 1.807) is 6.07 Å². The minimum Gasteiger partial charge on any atom is -0.426 e. The van der Waals surface area contributed by atoms with Crippen LogP contribution in [0.4, 0.5) is 0 Å². The molecule has 1 rings (SSSR count). The molecule has 28 heavy (non-hydrogen) atoms. The van der Waals surface area contributed by atoms with Gasteiger partial charge in [0.05, 0.1) is 11.8 Å². The first kappa shape index (κ1) is 24.2. The van der Waals surface area contributed by atoms with E-state index in [4.69, 9.17) is 9.47 Å². The summed E-state index contributed by atoms with van der Waals surface area (Å²) in [5.41, 5.74) is 0.977. The van der Waals surface area contributed by atoms with Gasteiger partial charge >= 0.3 is 11.9 Å². The summed E-state index contributed by atoms with van der Waals surface area (Å²) in [6, 6.07) is 5.34. The quantitative estimate of drug-likeness (QED) is 0.219. The van der Waals surface area contributed by atoms with Gasteiger partial charge in [0.15, 0.2) is 0 Å². The largest absolute Gasteiger partial charge is 0.426 e. The van der Waals surface area contributed by atoms with E-state index in [0.717, 1.165) is 63.4 Å². The van der Waals surface area contributed by atoms with Crippen molar-refractivity contribution in [3.63, 3.8) is 0 Å². The van der Waals surface area contributed by atoms with Crippen LogP contribution in [0.2, 0.25) is 0 Å². The van der Waals surface area contributed by atoms with Gasteiger partial charge in [-0.25, -0.2) is 0 Å². The Balaban J connectivity index is 2.74. The summed E-state index contributed by atoms with van der Waals surface area (Å²) in [6.07, 6.45) is 9.00. The Morgan fingerprint density at radius 1 is 0.750 bits per heavy atom. The summed E-state index contributed by atoms with van der Waals surface area (Å²) >= 11 is 0. The average molecular weight is 391 g/mol. The molecular weight excluding hydrogens is 352 g/mol. The fourth-order valence-electron chi connectivity index (χ4n) is 3.02. The Hall–Kier alpha value is -1.84. The predicted molar refractivity (Wildman–Crippen MR) is 114 cm³/mol. The molecule has 0 heterocycles. The lowest BCUT2D eigenvalue weighted by atomic mass is 10.0. The number of carbonyl (C=O) groups excluding carboxylic acids is 2. The minimum absolute atomic E-state index is 0.138. The van der Waals surface area contributed by atoms with Crippen LogP contribution in [-0.4, -0.2) is 11.9 Å². The summed E-state index contributed by atoms with van der Waals surface area (Å²) < 4.78 is 11.2. The topological polar surface area (TPSA) is 52.6 Å². The summed E-state index contributed by atoms with van der Waals surface area (Å²) in [4.78, 5) is 24.7. The number of ether oxygens (including phenoxy) is 2. The first-order chi connectivity index (χ1) is 13.4. The van der Waals surface area contributed by atoms with E-state index in [0.29, 0.717) is 11.5 Å². The predicted octanol–water partition coefficient (Wildman–Crippen LogP) is 6.49. The van der Waals surface area contributed by atoms with Gasteiger partial charge in [-0.3, -0.25) is 9.59 Å². The van der Waals surface area contributed by atoms with E-state index >= 15 is 0 Å². The van der Waals surface area contributed by atoms with Crippen LogP contribution in [0.5, 0.6) is 11.5 Å². The minimum atomic E-state index is -0.227. The van der Waals surface area contributed by atoms with Crippen molar-refractivity contribution in [3.8, 4) is 11.5 Å². The molecule has 0 aliphatic carbocycles. The number of esters is 2. The van der Waals surface area contributed by atoms with Gasteiger partial charge in [-0.05, 0) is 37.0 Å². The molecule has 0 aromatic heterocycles. The van der Waals surface area contributed by atoms with Crippen molar-refractivity contribution >= 4 is 11.9 Å². The highest BCUT2D eigenvalue weighted by Crippen LogP contribution is 2.26. The molecule has 4 heteroatoms. The molecule has 0 aliphatic heterocycles. The van der Waals surface area contributed by atoms with Gasteiger partial charge in [-0.15, -0.1) is 0 Å². The zero-order chi connectivity index (χ0) is 20.9. The normalized spacial score (nSPS) is 13.0. The van der Waals surface area contributed by atoms with Crippen LogP contribution in [0.1, 0.15) is 91.5 Å². The summed E-state index contributed by atoms with van der Waals surface area (Å²) in [6.45, 7) is 10.1. The molecule has 0 amide bonds. The zero-order valence-electron chi connectivity index (χ0n) is 18.4. The van der Waals surface area contributed by atoms with Crippen molar-refractivity contribution in [2.75, 3.05) is 0 Å². The fraction of sp³-hybridized carbons (Fsp3) is 0.667. The molecule has 2 unspecified atom stereocenters. The van der Waals surface area contributed by atoms with Crippen LogP contribution in [0.15, 0.2) is 18.2 Å². The van der Waals surface area contributed by atoms with Crippen molar-refractivity contribution in [1.82, 2.24) is 0 Å². The lowest BCUT2D eigenvalue weighted by molar-refractivity contribution is -0.139. The third-order valence-corrected chi connectivity index (χ3v) is 5.07. The highest BCUT2D eigenvalue weighted by Gasteiger charge is 2.18. The van der Waals surface area contributed by atoms with Crippen LogP contribution in [0, 0.1) is 11.8 Å². The first-order valence-corrected chi connectivity index (χ1v) is 11.0. The molecule has 0 N–H and O–H groups in total. The van der Waals surface area contributed by atoms with Gasteiger partial charge in [0.25, 0.3) is 0 Å². The Morgan fingerprint density at radius 3 is 1.54 bits per heavy atom. The van der Waals surface area contributed by atoms with E-state index < -0.39 is 0 Å². The van der Waals surface area contributed by atoms with E-state index in [-0.39, 0.29) is 23.8 Å². The number of benzene rings is 1. The molecule has 0 saturated heterocycles. The van der Waals surface area contributed by atoms with Gasteiger partial charge in [0, 0.05) is 6.07 Å². The second-order valence-corrected chi connectivity index (χ2v) is 7.80. The Kier molecular flexibility index (Phi) is 11.5. The van der Waals surface area contributed by atoms with Crippen molar-refractivity contribution in [3.05, 3.63) is 23.8 Å². The maximum Gasteiger partial charge on any atom is 0.314 e. The number of aryl methyl sites for hydroxylation is 1. The van der Waals surface area contributed by atoms with Gasteiger partial charge in [0.1, 0.15) is 11.5 Å². The number of unbranched alkanes of at least 4 members (excludes halogenated alkanes) is 4.